The van der Waals surface area contributed by atoms with Gasteiger partial charge >= 0.3 is 0 Å². The molecule has 0 aromatic carbocycles. The third-order valence-corrected chi connectivity index (χ3v) is 7.35. The number of carbonyl (C=O) groups excluding carboxylic acids is 2. The number of piperazine rings is 1. The molecule has 150 valence electrons. The lowest BCUT2D eigenvalue weighted by molar-refractivity contribution is -0.133. The Bertz CT molecular complexity index is 977. The number of hydrogen-bond donors (Lipinski definition) is 1. The quantitative estimate of drug-likeness (QED) is 0.803. The van der Waals surface area contributed by atoms with Crippen LogP contribution < -0.4 is 5.56 Å². The van der Waals surface area contributed by atoms with Crippen molar-refractivity contribution in [2.24, 2.45) is 0 Å². The van der Waals surface area contributed by atoms with Crippen LogP contribution in [0.2, 0.25) is 0 Å². The number of amides is 2. The van der Waals surface area contributed by atoms with E-state index < -0.39 is 0 Å². The summed E-state index contributed by atoms with van der Waals surface area (Å²) in [7, 11) is 0. The third kappa shape index (κ3) is 3.81. The van der Waals surface area contributed by atoms with Crippen LogP contribution in [-0.4, -0.2) is 80.8 Å². The first-order chi connectivity index (χ1) is 13.4. The molecule has 2 amide bonds. The molecule has 8 nitrogen and oxygen atoms in total. The summed E-state index contributed by atoms with van der Waals surface area (Å²) in [5.74, 6) is 1.44. The highest BCUT2D eigenvalue weighted by molar-refractivity contribution is 8.13. The second kappa shape index (κ2) is 7.84. The number of nitrogens with one attached hydrogen (secondary N) is 1. The molecule has 4 heterocycles. The number of aromatic nitrogens is 2. The standard InChI is InChI=1S/C18H23N5O3S2/c1-11-12(2)28-17-15(11)16(25)19-13(20-17)9-21-3-5-22(6-4-21)14(24)10-23-7-8-27-18(23)26/h3-10H2,1-2H3,(H,19,20,25). The number of fused-ring (bicyclic) bond motifs is 1. The van der Waals surface area contributed by atoms with Crippen LogP contribution in [0.4, 0.5) is 4.79 Å². The second-order valence-corrected chi connectivity index (χ2v) is 9.42. The lowest BCUT2D eigenvalue weighted by Crippen LogP contribution is -2.51. The Morgan fingerprint density at radius 3 is 2.57 bits per heavy atom. The van der Waals surface area contributed by atoms with Crippen molar-refractivity contribution in [3.05, 3.63) is 26.6 Å². The van der Waals surface area contributed by atoms with Crippen LogP contribution in [0.25, 0.3) is 10.2 Å². The topological polar surface area (TPSA) is 89.6 Å². The summed E-state index contributed by atoms with van der Waals surface area (Å²) in [4.78, 5) is 51.6. The minimum atomic E-state index is -0.0798. The van der Waals surface area contributed by atoms with Gasteiger partial charge in [0.1, 0.15) is 17.2 Å². The Labute approximate surface area is 170 Å². The van der Waals surface area contributed by atoms with Gasteiger partial charge in [-0.3, -0.25) is 19.3 Å². The molecule has 0 bridgehead atoms. The van der Waals surface area contributed by atoms with Gasteiger partial charge in [-0.1, -0.05) is 11.8 Å². The number of hydrogen-bond acceptors (Lipinski definition) is 7. The van der Waals surface area contributed by atoms with Gasteiger partial charge in [-0.05, 0) is 19.4 Å². The normalized spacial score (nSPS) is 18.4. The predicted molar refractivity (Wildman–Crippen MR) is 111 cm³/mol. The minimum Gasteiger partial charge on any atom is -0.339 e. The fourth-order valence-electron chi connectivity index (χ4n) is 3.57. The van der Waals surface area contributed by atoms with Gasteiger partial charge in [-0.15, -0.1) is 11.3 Å². The van der Waals surface area contributed by atoms with Crippen LogP contribution in [0.3, 0.4) is 0 Å². The summed E-state index contributed by atoms with van der Waals surface area (Å²) in [5.41, 5.74) is 0.922. The van der Waals surface area contributed by atoms with E-state index in [1.165, 1.54) is 11.8 Å². The lowest BCUT2D eigenvalue weighted by Gasteiger charge is -2.35. The minimum absolute atomic E-state index is 0.00328. The molecule has 1 N–H and O–H groups in total. The van der Waals surface area contributed by atoms with Crippen LogP contribution in [0.1, 0.15) is 16.3 Å². The van der Waals surface area contributed by atoms with Gasteiger partial charge in [0.15, 0.2) is 0 Å². The van der Waals surface area contributed by atoms with Gasteiger partial charge in [0.05, 0.1) is 11.9 Å². The Balaban J connectivity index is 1.35. The van der Waals surface area contributed by atoms with Crippen molar-refractivity contribution >= 4 is 44.5 Å². The predicted octanol–water partition coefficient (Wildman–Crippen LogP) is 1.41. The fourth-order valence-corrected chi connectivity index (χ4v) is 5.45. The van der Waals surface area contributed by atoms with Gasteiger partial charge < -0.3 is 14.8 Å². The third-order valence-electron chi connectivity index (χ3n) is 5.36. The zero-order valence-electron chi connectivity index (χ0n) is 16.0. The molecule has 2 aromatic rings. The number of nitrogens with zero attached hydrogens (tertiary/aromatic N) is 4. The summed E-state index contributed by atoms with van der Waals surface area (Å²) in [6, 6.07) is 0. The van der Waals surface area contributed by atoms with Gasteiger partial charge in [0, 0.05) is 43.4 Å². The second-order valence-electron chi connectivity index (χ2n) is 7.17. The molecule has 4 rings (SSSR count). The summed E-state index contributed by atoms with van der Waals surface area (Å²) in [6.45, 7) is 8.03. The van der Waals surface area contributed by atoms with E-state index in [0.29, 0.717) is 37.4 Å². The monoisotopic (exact) mass is 421 g/mol. The molecule has 0 unspecified atom stereocenters. The molecular formula is C18H23N5O3S2. The first-order valence-electron chi connectivity index (χ1n) is 9.33. The van der Waals surface area contributed by atoms with Crippen LogP contribution in [0.15, 0.2) is 4.79 Å². The van der Waals surface area contributed by atoms with E-state index in [0.717, 1.165) is 34.1 Å². The largest absolute Gasteiger partial charge is 0.339 e. The van der Waals surface area contributed by atoms with Crippen molar-refractivity contribution in [1.29, 1.82) is 0 Å². The van der Waals surface area contributed by atoms with E-state index in [1.54, 1.807) is 16.2 Å². The molecule has 0 saturated carbocycles. The highest BCUT2D eigenvalue weighted by Crippen LogP contribution is 2.25. The maximum absolute atomic E-state index is 12.4. The Morgan fingerprint density at radius 1 is 1.14 bits per heavy atom. The van der Waals surface area contributed by atoms with Crippen molar-refractivity contribution in [1.82, 2.24) is 24.7 Å². The molecule has 28 heavy (non-hydrogen) atoms. The number of thioether (sulfide) groups is 1. The highest BCUT2D eigenvalue weighted by Gasteiger charge is 2.27. The molecule has 0 aliphatic carbocycles. The maximum Gasteiger partial charge on any atom is 0.282 e. The summed E-state index contributed by atoms with van der Waals surface area (Å²) in [5, 5.41) is 0.688. The SMILES string of the molecule is Cc1sc2nc(CN3CCN(C(=O)CN4CCSC4=O)CC3)[nH]c(=O)c2c1C. The number of carbonyl (C=O) groups is 2. The molecule has 2 aromatic heterocycles. The van der Waals surface area contributed by atoms with Gasteiger partial charge in [0.25, 0.3) is 10.8 Å². The zero-order chi connectivity index (χ0) is 19.8. The maximum atomic E-state index is 12.4. The van der Waals surface area contributed by atoms with Crippen molar-refractivity contribution in [3.63, 3.8) is 0 Å². The van der Waals surface area contributed by atoms with Crippen LogP contribution in [-0.2, 0) is 11.3 Å². The van der Waals surface area contributed by atoms with Crippen molar-refractivity contribution < 1.29 is 9.59 Å². The first kappa shape index (κ1) is 19.4. The number of rotatable bonds is 4. The lowest BCUT2D eigenvalue weighted by atomic mass is 10.2. The van der Waals surface area contributed by atoms with Gasteiger partial charge in [0.2, 0.25) is 5.91 Å². The average Bonchev–Trinajstić information content (AvgIpc) is 3.18. The zero-order valence-corrected chi connectivity index (χ0v) is 17.6. The number of thiophene rings is 1. The van der Waals surface area contributed by atoms with E-state index in [2.05, 4.69) is 14.9 Å². The van der Waals surface area contributed by atoms with Crippen molar-refractivity contribution in [2.75, 3.05) is 45.0 Å². The van der Waals surface area contributed by atoms with E-state index in [4.69, 9.17) is 0 Å². The van der Waals surface area contributed by atoms with E-state index in [9.17, 15) is 14.4 Å². The molecule has 0 spiro atoms. The van der Waals surface area contributed by atoms with Crippen LogP contribution in [0.5, 0.6) is 0 Å². The van der Waals surface area contributed by atoms with Crippen molar-refractivity contribution in [3.8, 4) is 0 Å². The van der Waals surface area contributed by atoms with Crippen LogP contribution in [0, 0.1) is 13.8 Å². The Morgan fingerprint density at radius 2 is 1.89 bits per heavy atom. The fraction of sp³-hybridized carbons (Fsp3) is 0.556. The number of aryl methyl sites for hydroxylation is 2. The highest BCUT2D eigenvalue weighted by atomic mass is 32.2. The van der Waals surface area contributed by atoms with Crippen molar-refractivity contribution in [2.45, 2.75) is 20.4 Å². The number of H-pyrrole nitrogens is 1. The van der Waals surface area contributed by atoms with E-state index in [1.807, 2.05) is 18.7 Å². The molecule has 2 aliphatic heterocycles. The smallest absolute Gasteiger partial charge is 0.282 e. The molecule has 2 fully saturated rings. The first-order valence-corrected chi connectivity index (χ1v) is 11.1. The van der Waals surface area contributed by atoms with E-state index in [-0.39, 0.29) is 23.3 Å². The number of aromatic amines is 1. The molecule has 10 heteroatoms. The molecular weight excluding hydrogens is 398 g/mol. The molecule has 0 atom stereocenters. The summed E-state index contributed by atoms with van der Waals surface area (Å²) >= 11 is 2.82. The van der Waals surface area contributed by atoms with E-state index >= 15 is 0 Å². The Hall–Kier alpha value is -1.91. The Kier molecular flexibility index (Phi) is 5.44. The molecule has 2 aliphatic rings. The molecule has 2 saturated heterocycles. The van der Waals surface area contributed by atoms with Gasteiger partial charge in [-0.2, -0.15) is 0 Å². The van der Waals surface area contributed by atoms with Crippen LogP contribution >= 0.6 is 23.1 Å². The summed E-state index contributed by atoms with van der Waals surface area (Å²) in [6.07, 6.45) is 0. The van der Waals surface area contributed by atoms with Gasteiger partial charge in [-0.25, -0.2) is 4.98 Å². The average molecular weight is 422 g/mol. The summed E-state index contributed by atoms with van der Waals surface area (Å²) < 4.78 is 0. The molecule has 0 radical (unpaired) electrons.